The highest BCUT2D eigenvalue weighted by Gasteiger charge is 2.20. The second kappa shape index (κ2) is 12.2. The first-order valence-corrected chi connectivity index (χ1v) is 14.0. The van der Waals surface area contributed by atoms with E-state index >= 15 is 0 Å². The fraction of sp³-hybridized carbons (Fsp3) is 0.267. The quantitative estimate of drug-likeness (QED) is 0.235. The van der Waals surface area contributed by atoms with Gasteiger partial charge in [0.1, 0.15) is 5.82 Å². The number of thiophene rings is 1. The third kappa shape index (κ3) is 5.62. The second-order valence-corrected chi connectivity index (χ2v) is 10.5. The number of carbonyl (C=O) groups is 1. The van der Waals surface area contributed by atoms with Crippen LogP contribution in [0, 0.1) is 6.92 Å². The van der Waals surface area contributed by atoms with Crippen molar-refractivity contribution in [1.82, 2.24) is 30.2 Å². The van der Waals surface area contributed by atoms with Crippen LogP contribution in [0.1, 0.15) is 57.6 Å². The molecule has 1 N–H and O–H groups in total. The smallest absolute Gasteiger partial charge is 0.339 e. The molecular weight excluding hydrogens is 524 g/mol. The monoisotopic (exact) mass is 554 g/mol. The van der Waals surface area contributed by atoms with E-state index in [4.69, 9.17) is 9.72 Å². The Morgan fingerprint density at radius 2 is 1.93 bits per heavy atom. The van der Waals surface area contributed by atoms with Gasteiger partial charge in [0.05, 0.1) is 24.9 Å². The molecule has 10 heteroatoms. The van der Waals surface area contributed by atoms with Crippen molar-refractivity contribution in [2.24, 2.45) is 0 Å². The number of aromatic amines is 1. The first-order chi connectivity index (χ1) is 19.5. The zero-order valence-electron chi connectivity index (χ0n) is 22.7. The van der Waals surface area contributed by atoms with Gasteiger partial charge >= 0.3 is 5.97 Å². The maximum Gasteiger partial charge on any atom is 0.339 e. The minimum atomic E-state index is -0.414. The number of methoxy groups -OCH3 is 1. The van der Waals surface area contributed by atoms with Gasteiger partial charge in [-0.3, -0.25) is 9.36 Å². The van der Waals surface area contributed by atoms with E-state index in [2.05, 4.69) is 27.5 Å². The molecule has 0 spiro atoms. The Balaban J connectivity index is 1.58. The molecule has 0 atom stereocenters. The Kier molecular flexibility index (Phi) is 8.26. The normalized spacial score (nSPS) is 11.1. The Labute approximate surface area is 235 Å². The molecule has 5 rings (SSSR count). The van der Waals surface area contributed by atoms with Crippen LogP contribution in [0.5, 0.6) is 0 Å². The molecule has 0 saturated heterocycles. The number of esters is 1. The number of aryl methyl sites for hydroxylation is 2. The highest BCUT2D eigenvalue weighted by Crippen LogP contribution is 2.31. The molecule has 0 saturated carbocycles. The largest absolute Gasteiger partial charge is 0.465 e. The van der Waals surface area contributed by atoms with E-state index < -0.39 is 5.97 Å². The lowest BCUT2D eigenvalue weighted by Crippen LogP contribution is -2.30. The van der Waals surface area contributed by atoms with Crippen molar-refractivity contribution < 1.29 is 9.53 Å². The van der Waals surface area contributed by atoms with E-state index in [1.165, 1.54) is 18.4 Å². The maximum atomic E-state index is 14.0. The van der Waals surface area contributed by atoms with Gasteiger partial charge < -0.3 is 4.74 Å². The zero-order chi connectivity index (χ0) is 28.1. The van der Waals surface area contributed by atoms with Crippen molar-refractivity contribution >= 4 is 17.3 Å². The van der Waals surface area contributed by atoms with E-state index in [1.54, 1.807) is 10.6 Å². The van der Waals surface area contributed by atoms with Crippen LogP contribution < -0.4 is 5.56 Å². The molecule has 0 aliphatic heterocycles. The van der Waals surface area contributed by atoms with Gasteiger partial charge in [-0.25, -0.2) is 14.9 Å². The number of hydrogen-bond donors (Lipinski definition) is 1. The van der Waals surface area contributed by atoms with Gasteiger partial charge in [0, 0.05) is 22.4 Å². The van der Waals surface area contributed by atoms with Crippen molar-refractivity contribution in [3.63, 3.8) is 0 Å². The fourth-order valence-corrected chi connectivity index (χ4v) is 5.66. The van der Waals surface area contributed by atoms with Crippen LogP contribution in [0.3, 0.4) is 0 Å². The number of rotatable bonds is 10. The molecule has 5 aromatic rings. The molecular formula is C30H30N6O3S. The number of nitrogens with zero attached hydrogens (tertiary/aromatic N) is 5. The van der Waals surface area contributed by atoms with Crippen LogP contribution >= 0.6 is 11.3 Å². The standard InChI is InChI=1S/C30H30N6O3S/c1-4-5-11-26-25(29(37)36(19(2)31-26)18-27-23(14-15-40-27)30(38)39-3)17-20-12-13-22(21-9-7-6-8-10-21)24(16-20)28-32-34-35-33-28/h6-10,12-16H,4-5,11,17-18H2,1-3H3,(H,32,33,34,35). The van der Waals surface area contributed by atoms with E-state index in [0.29, 0.717) is 29.2 Å². The molecule has 2 aromatic carbocycles. The minimum absolute atomic E-state index is 0.0992. The third-order valence-corrected chi connectivity index (χ3v) is 7.81. The molecule has 0 unspecified atom stereocenters. The summed E-state index contributed by atoms with van der Waals surface area (Å²) in [5.41, 5.74) is 5.67. The van der Waals surface area contributed by atoms with Gasteiger partial charge in [-0.2, -0.15) is 0 Å². The topological polar surface area (TPSA) is 116 Å². The molecule has 0 radical (unpaired) electrons. The lowest BCUT2D eigenvalue weighted by molar-refractivity contribution is 0.0600. The predicted molar refractivity (Wildman–Crippen MR) is 154 cm³/mol. The Bertz CT molecular complexity index is 1680. The summed E-state index contributed by atoms with van der Waals surface area (Å²) in [6.07, 6.45) is 3.05. The Morgan fingerprint density at radius 1 is 1.10 bits per heavy atom. The van der Waals surface area contributed by atoms with E-state index in [1.807, 2.05) is 60.8 Å². The number of nitrogens with one attached hydrogen (secondary N) is 1. The van der Waals surface area contributed by atoms with Gasteiger partial charge in [0.15, 0.2) is 5.82 Å². The van der Waals surface area contributed by atoms with E-state index in [9.17, 15) is 9.59 Å². The molecule has 0 aliphatic rings. The molecule has 3 aromatic heterocycles. The van der Waals surface area contributed by atoms with Gasteiger partial charge in [-0.1, -0.05) is 55.8 Å². The van der Waals surface area contributed by atoms with Crippen molar-refractivity contribution in [2.45, 2.75) is 46.1 Å². The van der Waals surface area contributed by atoms with Crippen LogP contribution in [-0.2, 0) is 24.1 Å². The molecule has 0 fully saturated rings. The number of aromatic nitrogens is 6. The SMILES string of the molecule is CCCCc1nc(C)n(Cc2sccc2C(=O)OC)c(=O)c1Cc1ccc(-c2ccccc2)c(-c2nnn[nH]2)c1. The van der Waals surface area contributed by atoms with Crippen molar-refractivity contribution in [1.29, 1.82) is 0 Å². The zero-order valence-corrected chi connectivity index (χ0v) is 23.5. The first kappa shape index (κ1) is 27.1. The van der Waals surface area contributed by atoms with E-state index in [-0.39, 0.29) is 12.1 Å². The van der Waals surface area contributed by atoms with Gasteiger partial charge in [0.25, 0.3) is 5.56 Å². The molecule has 3 heterocycles. The average Bonchev–Trinajstić information content (AvgIpc) is 3.69. The summed E-state index contributed by atoms with van der Waals surface area (Å²) in [6, 6.07) is 17.9. The minimum Gasteiger partial charge on any atom is -0.465 e. The average molecular weight is 555 g/mol. The molecule has 0 amide bonds. The van der Waals surface area contributed by atoms with Crippen LogP contribution in [0.15, 0.2) is 64.8 Å². The maximum absolute atomic E-state index is 14.0. The number of ether oxygens (including phenoxy) is 1. The Morgan fingerprint density at radius 3 is 2.65 bits per heavy atom. The van der Waals surface area contributed by atoms with Crippen molar-refractivity contribution in [3.05, 3.63) is 103 Å². The summed E-state index contributed by atoms with van der Waals surface area (Å²) in [4.78, 5) is 31.9. The molecule has 9 nitrogen and oxygen atoms in total. The summed E-state index contributed by atoms with van der Waals surface area (Å²) in [5, 5.41) is 16.4. The fourth-order valence-electron chi connectivity index (χ4n) is 4.81. The predicted octanol–water partition coefficient (Wildman–Crippen LogP) is 5.23. The summed E-state index contributed by atoms with van der Waals surface area (Å²) in [6.45, 7) is 4.22. The number of carbonyl (C=O) groups excluding carboxylic acids is 1. The van der Waals surface area contributed by atoms with Crippen molar-refractivity contribution in [2.75, 3.05) is 7.11 Å². The number of unbranched alkanes of at least 4 members (excludes halogenated alkanes) is 1. The van der Waals surface area contributed by atoms with Gasteiger partial charge in [0.2, 0.25) is 0 Å². The van der Waals surface area contributed by atoms with Crippen LogP contribution in [-0.4, -0.2) is 43.3 Å². The highest BCUT2D eigenvalue weighted by molar-refractivity contribution is 7.10. The Hall–Kier alpha value is -4.44. The number of benzene rings is 2. The molecule has 204 valence electrons. The van der Waals surface area contributed by atoms with Crippen molar-refractivity contribution in [3.8, 4) is 22.5 Å². The summed E-state index contributed by atoms with van der Waals surface area (Å²) in [7, 11) is 1.36. The summed E-state index contributed by atoms with van der Waals surface area (Å²) >= 11 is 1.42. The number of H-pyrrole nitrogens is 1. The molecule has 0 bridgehead atoms. The first-order valence-electron chi connectivity index (χ1n) is 13.2. The van der Waals surface area contributed by atoms with Gasteiger partial charge in [-0.05, 0) is 64.4 Å². The third-order valence-electron chi connectivity index (χ3n) is 6.91. The van der Waals surface area contributed by atoms with Crippen LogP contribution in [0.25, 0.3) is 22.5 Å². The number of tetrazole rings is 1. The van der Waals surface area contributed by atoms with Crippen LogP contribution in [0.2, 0.25) is 0 Å². The molecule has 0 aliphatic carbocycles. The lowest BCUT2D eigenvalue weighted by Gasteiger charge is -2.16. The number of hydrogen-bond acceptors (Lipinski definition) is 8. The van der Waals surface area contributed by atoms with Crippen LogP contribution in [0.4, 0.5) is 0 Å². The second-order valence-electron chi connectivity index (χ2n) is 9.50. The van der Waals surface area contributed by atoms with Gasteiger partial charge in [-0.15, -0.1) is 16.4 Å². The van der Waals surface area contributed by atoms with E-state index in [0.717, 1.165) is 52.1 Å². The highest BCUT2D eigenvalue weighted by atomic mass is 32.1. The summed E-state index contributed by atoms with van der Waals surface area (Å²) < 4.78 is 6.59. The summed E-state index contributed by atoms with van der Waals surface area (Å²) in [5.74, 6) is 0.763. The lowest BCUT2D eigenvalue weighted by atomic mass is 9.94. The molecule has 40 heavy (non-hydrogen) atoms.